The molecular weight excluding hydrogens is 166 g/mol. The number of ketones is 1. The van der Waals surface area contributed by atoms with E-state index in [-0.39, 0.29) is 11.7 Å². The maximum absolute atomic E-state index is 11.2. The number of allylic oxidation sites excluding steroid dienone is 2. The van der Waals surface area contributed by atoms with Crippen molar-refractivity contribution in [1.82, 2.24) is 4.90 Å². The molecule has 3 nitrogen and oxygen atoms in total. The maximum atomic E-state index is 11.2. The molecule has 0 spiro atoms. The standard InChI is InChI=1S/C10H13NO2/c1-8(12)10(3)4-6-11(7-5-10)9(2)13/h4-7H,1-3H3. The van der Waals surface area contributed by atoms with Gasteiger partial charge in [0.05, 0.1) is 5.41 Å². The zero-order valence-electron chi connectivity index (χ0n) is 8.07. The molecule has 0 N–H and O–H groups in total. The minimum absolute atomic E-state index is 0.0573. The van der Waals surface area contributed by atoms with Crippen LogP contribution in [0.15, 0.2) is 24.6 Å². The largest absolute Gasteiger partial charge is 0.299 e. The number of Topliss-reactive ketones (excluding diaryl/α,β-unsaturated/α-hetero) is 1. The first-order chi connectivity index (χ1) is 5.96. The molecule has 0 radical (unpaired) electrons. The van der Waals surface area contributed by atoms with Crippen molar-refractivity contribution in [3.05, 3.63) is 24.6 Å². The number of hydrogen-bond acceptors (Lipinski definition) is 2. The van der Waals surface area contributed by atoms with Gasteiger partial charge in [0, 0.05) is 19.3 Å². The van der Waals surface area contributed by atoms with Crippen molar-refractivity contribution in [3.8, 4) is 0 Å². The molecule has 0 aliphatic carbocycles. The molecule has 0 fully saturated rings. The summed E-state index contributed by atoms with van der Waals surface area (Å²) in [5.41, 5.74) is -0.550. The van der Waals surface area contributed by atoms with Gasteiger partial charge in [-0.3, -0.25) is 14.5 Å². The molecule has 0 saturated heterocycles. The van der Waals surface area contributed by atoms with Crippen molar-refractivity contribution >= 4 is 11.7 Å². The topological polar surface area (TPSA) is 37.4 Å². The zero-order valence-corrected chi connectivity index (χ0v) is 8.07. The van der Waals surface area contributed by atoms with Gasteiger partial charge in [0.15, 0.2) is 0 Å². The molecule has 13 heavy (non-hydrogen) atoms. The summed E-state index contributed by atoms with van der Waals surface area (Å²) in [7, 11) is 0. The van der Waals surface area contributed by atoms with Gasteiger partial charge in [-0.15, -0.1) is 0 Å². The zero-order chi connectivity index (χ0) is 10.1. The normalized spacial score (nSPS) is 18.8. The summed E-state index contributed by atoms with van der Waals surface area (Å²) in [6.07, 6.45) is 6.72. The lowest BCUT2D eigenvalue weighted by atomic mass is 9.85. The van der Waals surface area contributed by atoms with Crippen LogP contribution in [0.5, 0.6) is 0 Å². The minimum atomic E-state index is -0.550. The average molecular weight is 179 g/mol. The molecule has 0 bridgehead atoms. The third-order valence-electron chi connectivity index (χ3n) is 2.28. The Labute approximate surface area is 77.7 Å². The number of hydrogen-bond donors (Lipinski definition) is 0. The maximum Gasteiger partial charge on any atom is 0.227 e. The Balaban J connectivity index is 2.85. The molecule has 0 aromatic rings. The summed E-state index contributed by atoms with van der Waals surface area (Å²) in [4.78, 5) is 23.6. The van der Waals surface area contributed by atoms with E-state index in [9.17, 15) is 9.59 Å². The Hall–Kier alpha value is -1.38. The number of carbonyl (C=O) groups is 2. The van der Waals surface area contributed by atoms with Gasteiger partial charge in [0.1, 0.15) is 5.78 Å². The Bertz CT molecular complexity index is 288. The second-order valence-electron chi connectivity index (χ2n) is 3.40. The van der Waals surface area contributed by atoms with E-state index in [0.717, 1.165) is 0 Å². The van der Waals surface area contributed by atoms with Crippen molar-refractivity contribution in [3.63, 3.8) is 0 Å². The van der Waals surface area contributed by atoms with Gasteiger partial charge in [-0.1, -0.05) is 12.2 Å². The van der Waals surface area contributed by atoms with Gasteiger partial charge in [-0.25, -0.2) is 0 Å². The van der Waals surface area contributed by atoms with E-state index in [1.54, 1.807) is 24.6 Å². The summed E-state index contributed by atoms with van der Waals surface area (Å²) in [5.74, 6) is 0.0151. The number of rotatable bonds is 1. The van der Waals surface area contributed by atoms with Gasteiger partial charge in [-0.05, 0) is 13.8 Å². The molecule has 1 amide bonds. The molecule has 0 aromatic heterocycles. The van der Waals surface area contributed by atoms with E-state index >= 15 is 0 Å². The smallest absolute Gasteiger partial charge is 0.227 e. The molecule has 1 heterocycles. The second kappa shape index (κ2) is 3.17. The number of carbonyl (C=O) groups excluding carboxylic acids is 2. The SMILES string of the molecule is CC(=O)N1C=CC(C)(C(C)=O)C=C1. The van der Waals surface area contributed by atoms with Gasteiger partial charge < -0.3 is 0 Å². The highest BCUT2D eigenvalue weighted by Gasteiger charge is 2.26. The van der Waals surface area contributed by atoms with Crippen molar-refractivity contribution in [2.75, 3.05) is 0 Å². The summed E-state index contributed by atoms with van der Waals surface area (Å²) in [5, 5.41) is 0. The molecule has 0 saturated carbocycles. The first-order valence-corrected chi connectivity index (χ1v) is 4.14. The third-order valence-corrected chi connectivity index (χ3v) is 2.28. The monoisotopic (exact) mass is 179 g/mol. The Kier molecular flexibility index (Phi) is 2.36. The summed E-state index contributed by atoms with van der Waals surface area (Å²) >= 11 is 0. The molecule has 70 valence electrons. The molecule has 0 atom stereocenters. The fourth-order valence-electron chi connectivity index (χ4n) is 1.02. The van der Waals surface area contributed by atoms with Crippen LogP contribution in [-0.2, 0) is 9.59 Å². The van der Waals surface area contributed by atoms with Crippen molar-refractivity contribution in [2.24, 2.45) is 5.41 Å². The van der Waals surface area contributed by atoms with E-state index in [4.69, 9.17) is 0 Å². The fourth-order valence-corrected chi connectivity index (χ4v) is 1.02. The highest BCUT2D eigenvalue weighted by molar-refractivity contribution is 5.87. The van der Waals surface area contributed by atoms with Gasteiger partial charge >= 0.3 is 0 Å². The first-order valence-electron chi connectivity index (χ1n) is 4.14. The van der Waals surface area contributed by atoms with Crippen molar-refractivity contribution in [2.45, 2.75) is 20.8 Å². The quantitative estimate of drug-likeness (QED) is 0.611. The van der Waals surface area contributed by atoms with Crippen LogP contribution in [0.4, 0.5) is 0 Å². The lowest BCUT2D eigenvalue weighted by molar-refractivity contribution is -0.125. The Morgan fingerprint density at radius 1 is 1.15 bits per heavy atom. The van der Waals surface area contributed by atoms with Crippen LogP contribution in [0.2, 0.25) is 0 Å². The molecule has 1 rings (SSSR count). The summed E-state index contributed by atoms with van der Waals surface area (Å²) in [6, 6.07) is 0. The molecular formula is C10H13NO2. The third kappa shape index (κ3) is 1.86. The molecule has 1 aliphatic heterocycles. The molecule has 3 heteroatoms. The Morgan fingerprint density at radius 3 is 1.92 bits per heavy atom. The van der Waals surface area contributed by atoms with E-state index in [1.807, 2.05) is 6.92 Å². The summed E-state index contributed by atoms with van der Waals surface area (Å²) < 4.78 is 0. The van der Waals surface area contributed by atoms with Crippen LogP contribution < -0.4 is 0 Å². The van der Waals surface area contributed by atoms with E-state index in [1.165, 1.54) is 18.7 Å². The highest BCUT2D eigenvalue weighted by Crippen LogP contribution is 2.25. The van der Waals surface area contributed by atoms with E-state index in [0.29, 0.717) is 0 Å². The van der Waals surface area contributed by atoms with E-state index < -0.39 is 5.41 Å². The van der Waals surface area contributed by atoms with Crippen LogP contribution in [-0.4, -0.2) is 16.6 Å². The van der Waals surface area contributed by atoms with Gasteiger partial charge in [0.2, 0.25) is 5.91 Å². The second-order valence-corrected chi connectivity index (χ2v) is 3.40. The van der Waals surface area contributed by atoms with Gasteiger partial charge in [0.25, 0.3) is 0 Å². The van der Waals surface area contributed by atoms with Crippen LogP contribution in [0, 0.1) is 5.41 Å². The van der Waals surface area contributed by atoms with Crippen LogP contribution in [0.25, 0.3) is 0 Å². The molecule has 0 aromatic carbocycles. The minimum Gasteiger partial charge on any atom is -0.299 e. The predicted octanol–water partition coefficient (Wildman–Crippen LogP) is 1.47. The highest BCUT2D eigenvalue weighted by atomic mass is 16.2. The predicted molar refractivity (Wildman–Crippen MR) is 49.6 cm³/mol. The average Bonchev–Trinajstić information content (AvgIpc) is 2.04. The number of amides is 1. The first kappa shape index (κ1) is 9.71. The van der Waals surface area contributed by atoms with Crippen LogP contribution in [0.3, 0.4) is 0 Å². The van der Waals surface area contributed by atoms with Gasteiger partial charge in [-0.2, -0.15) is 0 Å². The lowest BCUT2D eigenvalue weighted by Gasteiger charge is -2.24. The van der Waals surface area contributed by atoms with Crippen molar-refractivity contribution in [1.29, 1.82) is 0 Å². The van der Waals surface area contributed by atoms with Crippen molar-refractivity contribution < 1.29 is 9.59 Å². The fraction of sp³-hybridized carbons (Fsp3) is 0.400. The van der Waals surface area contributed by atoms with E-state index in [2.05, 4.69) is 0 Å². The number of nitrogens with zero attached hydrogens (tertiary/aromatic N) is 1. The summed E-state index contributed by atoms with van der Waals surface area (Å²) in [6.45, 7) is 4.84. The Morgan fingerprint density at radius 2 is 1.62 bits per heavy atom. The lowest BCUT2D eigenvalue weighted by Crippen LogP contribution is -2.27. The molecule has 0 unspecified atom stereocenters. The van der Waals surface area contributed by atoms with Crippen LogP contribution >= 0.6 is 0 Å². The van der Waals surface area contributed by atoms with Crippen LogP contribution in [0.1, 0.15) is 20.8 Å². The molecule has 1 aliphatic rings.